The SMILES string of the molecule is CCC(C)C(OC(=O)N(c1ccnc(Nc2ccc(C(=O)N(C)CCN(CC)CC)cc2)n1)c1ccc(OC)cc1OC)C(C)C. The Hall–Kier alpha value is -4.38. The number of carbonyl (C=O) groups excluding carboxylic acids is 2. The van der Waals surface area contributed by atoms with Gasteiger partial charge >= 0.3 is 6.09 Å². The number of hydrogen-bond donors (Lipinski definition) is 1. The summed E-state index contributed by atoms with van der Waals surface area (Å²) in [6.07, 6.45) is 1.54. The van der Waals surface area contributed by atoms with Crippen LogP contribution >= 0.6 is 0 Å². The quantitative estimate of drug-likeness (QED) is 0.178. The fourth-order valence-corrected chi connectivity index (χ4v) is 5.11. The van der Waals surface area contributed by atoms with Crippen molar-refractivity contribution < 1.29 is 23.8 Å². The molecule has 3 aromatic rings. The molecule has 3 rings (SSSR count). The van der Waals surface area contributed by atoms with E-state index in [4.69, 9.17) is 14.2 Å². The van der Waals surface area contributed by atoms with Crippen LogP contribution in [0.5, 0.6) is 11.5 Å². The second-order valence-corrected chi connectivity index (χ2v) is 11.5. The van der Waals surface area contributed by atoms with Gasteiger partial charge in [-0.1, -0.05) is 48.0 Å². The van der Waals surface area contributed by atoms with E-state index in [2.05, 4.69) is 47.9 Å². The molecule has 0 fully saturated rings. The highest BCUT2D eigenvalue weighted by molar-refractivity contribution is 5.97. The molecule has 2 atom stereocenters. The molecule has 250 valence electrons. The average molecular weight is 635 g/mol. The second-order valence-electron chi connectivity index (χ2n) is 11.5. The Labute approximate surface area is 273 Å². The summed E-state index contributed by atoms with van der Waals surface area (Å²) in [6, 6.07) is 14.0. The van der Waals surface area contributed by atoms with Crippen LogP contribution < -0.4 is 19.7 Å². The highest BCUT2D eigenvalue weighted by Gasteiger charge is 2.31. The number of likely N-dealkylation sites (N-methyl/N-ethyl adjacent to an activating group) is 2. The molecular formula is C35H50N6O5. The van der Waals surface area contributed by atoms with Crippen LogP contribution in [-0.4, -0.2) is 85.3 Å². The molecule has 0 bridgehead atoms. The fraction of sp³-hybridized carbons (Fsp3) is 0.486. The van der Waals surface area contributed by atoms with Crippen LogP contribution in [0.4, 0.5) is 27.9 Å². The molecule has 1 heterocycles. The van der Waals surface area contributed by atoms with Gasteiger partial charge in [0.15, 0.2) is 0 Å². The zero-order valence-electron chi connectivity index (χ0n) is 28.7. The number of nitrogens with zero attached hydrogens (tertiary/aromatic N) is 5. The van der Waals surface area contributed by atoms with E-state index in [-0.39, 0.29) is 29.8 Å². The Morgan fingerprint density at radius 2 is 1.61 bits per heavy atom. The van der Waals surface area contributed by atoms with Crippen LogP contribution in [0.1, 0.15) is 58.3 Å². The van der Waals surface area contributed by atoms with Crippen molar-refractivity contribution in [3.8, 4) is 11.5 Å². The Morgan fingerprint density at radius 3 is 2.20 bits per heavy atom. The van der Waals surface area contributed by atoms with Gasteiger partial charge in [0.05, 0.1) is 19.9 Å². The number of anilines is 4. The van der Waals surface area contributed by atoms with E-state index >= 15 is 0 Å². The third-order valence-corrected chi connectivity index (χ3v) is 8.16. The van der Waals surface area contributed by atoms with Crippen LogP contribution in [0.2, 0.25) is 0 Å². The lowest BCUT2D eigenvalue weighted by Gasteiger charge is -2.30. The molecule has 2 aromatic carbocycles. The summed E-state index contributed by atoms with van der Waals surface area (Å²) in [4.78, 5) is 41.4. The Balaban J connectivity index is 1.89. The molecule has 11 heteroatoms. The zero-order chi connectivity index (χ0) is 33.8. The van der Waals surface area contributed by atoms with Crippen molar-refractivity contribution in [3.63, 3.8) is 0 Å². The van der Waals surface area contributed by atoms with Crippen molar-refractivity contribution in [1.82, 2.24) is 19.8 Å². The van der Waals surface area contributed by atoms with Gasteiger partial charge in [-0.3, -0.25) is 4.79 Å². The number of ether oxygens (including phenoxy) is 3. The number of hydrogen-bond acceptors (Lipinski definition) is 9. The number of rotatable bonds is 16. The van der Waals surface area contributed by atoms with Crippen LogP contribution in [0.15, 0.2) is 54.7 Å². The number of amides is 2. The molecule has 0 aliphatic heterocycles. The second kappa shape index (κ2) is 17.4. The molecule has 1 aromatic heterocycles. The van der Waals surface area contributed by atoms with Crippen molar-refractivity contribution >= 4 is 35.1 Å². The lowest BCUT2D eigenvalue weighted by molar-refractivity contribution is 0.0419. The molecule has 0 radical (unpaired) electrons. The van der Waals surface area contributed by atoms with Gasteiger partial charge in [-0.05, 0) is 61.3 Å². The maximum absolute atomic E-state index is 13.9. The standard InChI is InChI=1S/C35H50N6O5/c1-10-25(6)32(24(4)5)46-35(43)41(29-18-17-28(44-8)23-30(29)45-9)31-19-20-36-34(38-31)37-27-15-13-26(14-16-27)33(42)39(7)21-22-40(11-2)12-3/h13-20,23-25,32H,10-12,21-22H2,1-9H3,(H,36,37,38). The third-order valence-electron chi connectivity index (χ3n) is 8.16. The largest absolute Gasteiger partial charge is 0.497 e. The van der Waals surface area contributed by atoms with Crippen LogP contribution in [0, 0.1) is 11.8 Å². The van der Waals surface area contributed by atoms with Crippen LogP contribution in [-0.2, 0) is 4.74 Å². The summed E-state index contributed by atoms with van der Waals surface area (Å²) in [5.74, 6) is 1.77. The van der Waals surface area contributed by atoms with Gasteiger partial charge in [0, 0.05) is 49.7 Å². The van der Waals surface area contributed by atoms with Gasteiger partial charge in [0.1, 0.15) is 23.4 Å². The number of nitrogens with one attached hydrogen (secondary N) is 1. The normalized spacial score (nSPS) is 12.4. The van der Waals surface area contributed by atoms with Gasteiger partial charge in [0.2, 0.25) is 5.95 Å². The molecule has 2 amide bonds. The first-order chi connectivity index (χ1) is 22.1. The van der Waals surface area contributed by atoms with Gasteiger partial charge < -0.3 is 29.3 Å². The van der Waals surface area contributed by atoms with Crippen molar-refractivity contribution in [2.45, 2.75) is 54.1 Å². The number of methoxy groups -OCH3 is 2. The predicted molar refractivity (Wildman–Crippen MR) is 183 cm³/mol. The molecule has 0 saturated carbocycles. The summed E-state index contributed by atoms with van der Waals surface area (Å²) >= 11 is 0. The highest BCUT2D eigenvalue weighted by Crippen LogP contribution is 2.37. The van der Waals surface area contributed by atoms with E-state index < -0.39 is 6.09 Å². The summed E-state index contributed by atoms with van der Waals surface area (Å²) in [7, 11) is 4.91. The lowest BCUT2D eigenvalue weighted by Crippen LogP contribution is -2.36. The minimum absolute atomic E-state index is 0.0448. The number of carbonyl (C=O) groups is 2. The summed E-state index contributed by atoms with van der Waals surface area (Å²) in [6.45, 7) is 15.8. The van der Waals surface area contributed by atoms with E-state index in [0.29, 0.717) is 40.8 Å². The van der Waals surface area contributed by atoms with E-state index in [1.54, 1.807) is 66.7 Å². The molecule has 0 saturated heterocycles. The van der Waals surface area contributed by atoms with Gasteiger partial charge in [-0.2, -0.15) is 4.98 Å². The Morgan fingerprint density at radius 1 is 0.913 bits per heavy atom. The first-order valence-electron chi connectivity index (χ1n) is 16.0. The van der Waals surface area contributed by atoms with Crippen LogP contribution in [0.25, 0.3) is 0 Å². The molecule has 0 spiro atoms. The van der Waals surface area contributed by atoms with Crippen molar-refractivity contribution in [3.05, 3.63) is 60.3 Å². The summed E-state index contributed by atoms with van der Waals surface area (Å²) < 4.78 is 17.2. The van der Waals surface area contributed by atoms with E-state index in [9.17, 15) is 9.59 Å². The zero-order valence-corrected chi connectivity index (χ0v) is 28.7. The fourth-order valence-electron chi connectivity index (χ4n) is 5.11. The molecule has 2 unspecified atom stereocenters. The van der Waals surface area contributed by atoms with E-state index in [1.807, 2.05) is 20.9 Å². The molecule has 11 nitrogen and oxygen atoms in total. The molecule has 1 N–H and O–H groups in total. The lowest BCUT2D eigenvalue weighted by atomic mass is 9.93. The van der Waals surface area contributed by atoms with E-state index in [1.165, 1.54) is 12.0 Å². The van der Waals surface area contributed by atoms with Gasteiger partial charge in [-0.25, -0.2) is 14.7 Å². The highest BCUT2D eigenvalue weighted by atomic mass is 16.6. The van der Waals surface area contributed by atoms with Crippen LogP contribution in [0.3, 0.4) is 0 Å². The number of benzene rings is 2. The minimum Gasteiger partial charge on any atom is -0.497 e. The third kappa shape index (κ3) is 9.32. The molecule has 0 aliphatic carbocycles. The Bertz CT molecular complexity index is 1410. The smallest absolute Gasteiger partial charge is 0.420 e. The van der Waals surface area contributed by atoms with Crippen molar-refractivity contribution in [1.29, 1.82) is 0 Å². The first kappa shape index (κ1) is 36.1. The minimum atomic E-state index is -0.583. The average Bonchev–Trinajstić information content (AvgIpc) is 3.07. The first-order valence-corrected chi connectivity index (χ1v) is 16.0. The summed E-state index contributed by atoms with van der Waals surface area (Å²) in [5.41, 5.74) is 1.72. The summed E-state index contributed by atoms with van der Waals surface area (Å²) in [5, 5.41) is 3.19. The molecule has 46 heavy (non-hydrogen) atoms. The molecule has 0 aliphatic rings. The van der Waals surface area contributed by atoms with Gasteiger partial charge in [-0.15, -0.1) is 0 Å². The maximum atomic E-state index is 13.9. The number of aromatic nitrogens is 2. The molecular weight excluding hydrogens is 584 g/mol. The Kier molecular flexibility index (Phi) is 13.6. The van der Waals surface area contributed by atoms with Crippen molar-refractivity contribution in [2.24, 2.45) is 11.8 Å². The monoisotopic (exact) mass is 634 g/mol. The topological polar surface area (TPSA) is 109 Å². The van der Waals surface area contributed by atoms with E-state index in [0.717, 1.165) is 26.1 Å². The van der Waals surface area contributed by atoms with Gasteiger partial charge in [0.25, 0.3) is 5.91 Å². The van der Waals surface area contributed by atoms with Crippen molar-refractivity contribution in [2.75, 3.05) is 57.7 Å². The maximum Gasteiger partial charge on any atom is 0.420 e. The predicted octanol–water partition coefficient (Wildman–Crippen LogP) is 7.00.